The molecule has 0 saturated heterocycles. The lowest BCUT2D eigenvalue weighted by Gasteiger charge is -2.04. The summed E-state index contributed by atoms with van der Waals surface area (Å²) in [6, 6.07) is 3.07. The van der Waals surface area contributed by atoms with Crippen LogP contribution in [-0.2, 0) is 11.0 Å². The second-order valence-electron chi connectivity index (χ2n) is 3.76. The highest BCUT2D eigenvalue weighted by atomic mass is 19.4. The zero-order valence-corrected chi connectivity index (χ0v) is 9.87. The van der Waals surface area contributed by atoms with Crippen LogP contribution in [0.1, 0.15) is 11.1 Å². The number of carboxylic acids is 1. The summed E-state index contributed by atoms with van der Waals surface area (Å²) in [7, 11) is 0. The average molecular weight is 283 g/mol. The third-order valence-electron chi connectivity index (χ3n) is 2.35. The zero-order chi connectivity index (χ0) is 14.8. The van der Waals surface area contributed by atoms with Gasteiger partial charge in [0.15, 0.2) is 5.82 Å². The van der Waals surface area contributed by atoms with Crippen molar-refractivity contribution in [2.75, 3.05) is 0 Å². The van der Waals surface area contributed by atoms with Crippen molar-refractivity contribution in [2.45, 2.75) is 6.18 Å². The maximum Gasteiger partial charge on any atom is 0.419 e. The lowest BCUT2D eigenvalue weighted by Crippen LogP contribution is -2.04. The van der Waals surface area contributed by atoms with E-state index < -0.39 is 17.7 Å². The van der Waals surface area contributed by atoms with Crippen molar-refractivity contribution in [1.82, 2.24) is 14.8 Å². The van der Waals surface area contributed by atoms with Crippen LogP contribution in [0.15, 0.2) is 36.8 Å². The van der Waals surface area contributed by atoms with Crippen molar-refractivity contribution in [2.24, 2.45) is 0 Å². The minimum Gasteiger partial charge on any atom is -0.478 e. The van der Waals surface area contributed by atoms with E-state index in [2.05, 4.69) is 10.1 Å². The standard InChI is InChI=1S/C12H8F3N3O2/c13-12(14,15)9-6-17-18(7-9)11-8(2-1-5-16-11)3-4-10(19)20/h1-7H,(H,19,20)/b4-3+. The number of halogens is 3. The van der Waals surface area contributed by atoms with Crippen molar-refractivity contribution in [3.63, 3.8) is 0 Å². The molecule has 2 heterocycles. The van der Waals surface area contributed by atoms with Crippen molar-refractivity contribution in [3.05, 3.63) is 47.9 Å². The number of hydrogen-bond donors (Lipinski definition) is 1. The highest BCUT2D eigenvalue weighted by molar-refractivity contribution is 5.85. The van der Waals surface area contributed by atoms with Gasteiger partial charge < -0.3 is 5.11 Å². The number of alkyl halides is 3. The Morgan fingerprint density at radius 1 is 1.40 bits per heavy atom. The van der Waals surface area contributed by atoms with E-state index in [1.165, 1.54) is 18.3 Å². The number of carboxylic acid groups (broad SMARTS) is 1. The molecule has 0 spiro atoms. The number of rotatable bonds is 3. The molecule has 0 aliphatic rings. The molecule has 1 N–H and O–H groups in total. The summed E-state index contributed by atoms with van der Waals surface area (Å²) in [6.45, 7) is 0. The van der Waals surface area contributed by atoms with Crippen molar-refractivity contribution < 1.29 is 23.1 Å². The molecule has 5 nitrogen and oxygen atoms in total. The first-order valence-corrected chi connectivity index (χ1v) is 5.36. The van der Waals surface area contributed by atoms with E-state index in [-0.39, 0.29) is 5.82 Å². The van der Waals surface area contributed by atoms with Crippen molar-refractivity contribution in [1.29, 1.82) is 0 Å². The van der Waals surface area contributed by atoms with Crippen LogP contribution in [0.2, 0.25) is 0 Å². The van der Waals surface area contributed by atoms with Gasteiger partial charge in [-0.1, -0.05) is 0 Å². The van der Waals surface area contributed by atoms with E-state index >= 15 is 0 Å². The molecule has 104 valence electrons. The topological polar surface area (TPSA) is 68.0 Å². The summed E-state index contributed by atoms with van der Waals surface area (Å²) in [4.78, 5) is 14.4. The number of pyridine rings is 1. The van der Waals surface area contributed by atoms with Crippen molar-refractivity contribution >= 4 is 12.0 Å². The van der Waals surface area contributed by atoms with E-state index in [4.69, 9.17) is 5.11 Å². The van der Waals surface area contributed by atoms with Crippen LogP contribution >= 0.6 is 0 Å². The van der Waals surface area contributed by atoms with Crippen molar-refractivity contribution in [3.8, 4) is 5.82 Å². The largest absolute Gasteiger partial charge is 0.478 e. The molecule has 8 heteroatoms. The number of aliphatic carboxylic acids is 1. The summed E-state index contributed by atoms with van der Waals surface area (Å²) in [5.41, 5.74) is -0.567. The molecule has 0 saturated carbocycles. The molecule has 0 bridgehead atoms. The Hall–Kier alpha value is -2.64. The van der Waals surface area contributed by atoms with Gasteiger partial charge >= 0.3 is 12.1 Å². The van der Waals surface area contributed by atoms with Gasteiger partial charge in [-0.05, 0) is 18.2 Å². The third-order valence-corrected chi connectivity index (χ3v) is 2.35. The Labute approximate surface area is 111 Å². The van der Waals surface area contributed by atoms with E-state index in [0.717, 1.165) is 17.0 Å². The molecule has 2 rings (SSSR count). The molecule has 0 aliphatic carbocycles. The Kier molecular flexibility index (Phi) is 3.55. The van der Waals surface area contributed by atoms with Crippen LogP contribution in [0.3, 0.4) is 0 Å². The maximum absolute atomic E-state index is 12.5. The molecule has 0 atom stereocenters. The van der Waals surface area contributed by atoms with Crippen LogP contribution in [0.25, 0.3) is 11.9 Å². The first-order chi connectivity index (χ1) is 9.38. The minimum atomic E-state index is -4.50. The van der Waals surface area contributed by atoms with Crippen LogP contribution in [0.4, 0.5) is 13.2 Å². The average Bonchev–Trinajstić information content (AvgIpc) is 2.86. The number of nitrogens with zero attached hydrogens (tertiary/aromatic N) is 3. The molecule has 0 fully saturated rings. The Morgan fingerprint density at radius 3 is 2.75 bits per heavy atom. The Balaban J connectivity index is 2.43. The first-order valence-electron chi connectivity index (χ1n) is 5.36. The predicted molar refractivity (Wildman–Crippen MR) is 63.0 cm³/mol. The molecule has 2 aromatic heterocycles. The van der Waals surface area contributed by atoms with Crippen LogP contribution in [0, 0.1) is 0 Å². The molecule has 0 aromatic carbocycles. The second kappa shape index (κ2) is 5.16. The molecule has 0 amide bonds. The SMILES string of the molecule is O=C(O)/C=C/c1cccnc1-n1cc(C(F)(F)F)cn1. The smallest absolute Gasteiger partial charge is 0.419 e. The third kappa shape index (κ3) is 3.02. The van der Waals surface area contributed by atoms with Gasteiger partial charge in [0.05, 0.1) is 11.8 Å². The predicted octanol–water partition coefficient (Wildman–Crippen LogP) is 2.38. The lowest BCUT2D eigenvalue weighted by molar-refractivity contribution is -0.137. The van der Waals surface area contributed by atoms with E-state index in [0.29, 0.717) is 11.8 Å². The van der Waals surface area contributed by atoms with E-state index in [9.17, 15) is 18.0 Å². The van der Waals surface area contributed by atoms with Crippen LogP contribution in [-0.4, -0.2) is 25.8 Å². The molecular weight excluding hydrogens is 275 g/mol. The summed E-state index contributed by atoms with van der Waals surface area (Å²) >= 11 is 0. The summed E-state index contributed by atoms with van der Waals surface area (Å²) in [6.07, 6.45) is 0.459. The second-order valence-corrected chi connectivity index (χ2v) is 3.76. The summed E-state index contributed by atoms with van der Waals surface area (Å²) < 4.78 is 38.5. The van der Waals surface area contributed by atoms with E-state index in [1.54, 1.807) is 6.07 Å². The number of carbonyl (C=O) groups is 1. The number of aromatic nitrogens is 3. The van der Waals surface area contributed by atoms with Gasteiger partial charge in [-0.2, -0.15) is 18.3 Å². The van der Waals surface area contributed by atoms with Crippen LogP contribution < -0.4 is 0 Å². The fourth-order valence-corrected chi connectivity index (χ4v) is 1.48. The van der Waals surface area contributed by atoms with Gasteiger partial charge in [0.2, 0.25) is 0 Å². The highest BCUT2D eigenvalue weighted by Gasteiger charge is 2.32. The van der Waals surface area contributed by atoms with Gasteiger partial charge in [-0.15, -0.1) is 0 Å². The summed E-state index contributed by atoms with van der Waals surface area (Å²) in [5.74, 6) is -1.06. The number of hydrogen-bond acceptors (Lipinski definition) is 3. The zero-order valence-electron chi connectivity index (χ0n) is 9.87. The monoisotopic (exact) mass is 283 g/mol. The van der Waals surface area contributed by atoms with Crippen LogP contribution in [0.5, 0.6) is 0 Å². The van der Waals surface area contributed by atoms with Gasteiger partial charge in [-0.3, -0.25) is 0 Å². The van der Waals surface area contributed by atoms with Gasteiger partial charge in [0, 0.05) is 24.0 Å². The minimum absolute atomic E-state index is 0.112. The Morgan fingerprint density at radius 2 is 2.15 bits per heavy atom. The molecule has 2 aromatic rings. The molecular formula is C12H8F3N3O2. The van der Waals surface area contributed by atoms with Gasteiger partial charge in [0.1, 0.15) is 0 Å². The fourth-order valence-electron chi connectivity index (χ4n) is 1.48. The Bertz CT molecular complexity index is 662. The lowest BCUT2D eigenvalue weighted by atomic mass is 10.2. The molecule has 0 aliphatic heterocycles. The molecule has 0 radical (unpaired) electrons. The van der Waals surface area contributed by atoms with Gasteiger partial charge in [0.25, 0.3) is 0 Å². The van der Waals surface area contributed by atoms with Gasteiger partial charge in [-0.25, -0.2) is 14.5 Å². The highest BCUT2D eigenvalue weighted by Crippen LogP contribution is 2.29. The van der Waals surface area contributed by atoms with E-state index in [1.807, 2.05) is 0 Å². The molecule has 20 heavy (non-hydrogen) atoms. The fraction of sp³-hybridized carbons (Fsp3) is 0.0833. The molecule has 0 unspecified atom stereocenters. The first kappa shape index (κ1) is 13.8. The quantitative estimate of drug-likeness (QED) is 0.878. The summed E-state index contributed by atoms with van der Waals surface area (Å²) in [5, 5.41) is 12.2. The normalized spacial score (nSPS) is 11.9. The maximum atomic E-state index is 12.5.